The van der Waals surface area contributed by atoms with Gasteiger partial charge < -0.3 is 18.7 Å². The number of fused-ring (bicyclic) bond motifs is 12. The lowest BCUT2D eigenvalue weighted by molar-refractivity contribution is 0.590. The number of furan rings is 2. The number of benzene rings is 9. The number of rotatable bonds is 5. The maximum Gasteiger partial charge on any atom is 0.198 e. The number of aromatic nitrogens is 1. The summed E-state index contributed by atoms with van der Waals surface area (Å²) >= 11 is 0. The second kappa shape index (κ2) is 14.0. The minimum atomic E-state index is -0.156. The smallest absolute Gasteiger partial charge is 0.198 e. The molecule has 0 amide bonds. The van der Waals surface area contributed by atoms with Gasteiger partial charge in [-0.3, -0.25) is 0 Å². The summed E-state index contributed by atoms with van der Waals surface area (Å²) in [5, 5.41) is 9.74. The fraction of sp³-hybridized carbons (Fsp3) is 0.111. The third-order valence-corrected chi connectivity index (χ3v) is 15.2. The molecule has 0 atom stereocenters. The molecule has 1 aliphatic heterocycles. The first-order chi connectivity index (χ1) is 33.1. The number of nitrogens with one attached hydrogen (secondary N) is 1. The molecular weight excluding hydrogens is 828 g/mol. The van der Waals surface area contributed by atoms with Crippen molar-refractivity contribution in [2.45, 2.75) is 45.4 Å². The largest absolute Gasteiger partial charge is 0.456 e. The molecule has 5 heteroatoms. The molecule has 4 nitrogen and oxygen atoms in total. The summed E-state index contributed by atoms with van der Waals surface area (Å²) in [6.07, 6.45) is 0. The molecule has 0 saturated carbocycles. The van der Waals surface area contributed by atoms with Crippen LogP contribution in [0.4, 0.5) is 11.4 Å². The van der Waals surface area contributed by atoms with E-state index in [2.05, 4.69) is 220 Å². The van der Waals surface area contributed by atoms with Gasteiger partial charge in [0.25, 0.3) is 0 Å². The zero-order valence-corrected chi connectivity index (χ0v) is 38.8. The molecule has 14 rings (SSSR count). The lowest BCUT2D eigenvalue weighted by atomic mass is 9.59. The van der Waals surface area contributed by atoms with Crippen LogP contribution in [0.25, 0.3) is 105 Å². The van der Waals surface area contributed by atoms with E-state index in [1.54, 1.807) is 0 Å². The van der Waals surface area contributed by atoms with Gasteiger partial charge >= 0.3 is 0 Å². The third kappa shape index (κ3) is 5.62. The minimum absolute atomic E-state index is 0.0520. The summed E-state index contributed by atoms with van der Waals surface area (Å²) in [6.45, 7) is 11.5. The Hall–Kier alpha value is -8.02. The Morgan fingerprint density at radius 2 is 1.22 bits per heavy atom. The van der Waals surface area contributed by atoms with Crippen molar-refractivity contribution >= 4 is 84.3 Å². The molecule has 12 aromatic rings. The van der Waals surface area contributed by atoms with Crippen molar-refractivity contribution in [3.8, 4) is 50.4 Å². The summed E-state index contributed by atoms with van der Waals surface area (Å²) < 4.78 is 16.2. The van der Waals surface area contributed by atoms with E-state index >= 15 is 0 Å². The number of anilines is 2. The fourth-order valence-corrected chi connectivity index (χ4v) is 11.8. The Balaban J connectivity index is 1.07. The SMILES string of the molecule is CC(C)(C)c1ccc(Nc2cc3oc4ccccc4c3cc2-c2ccc3c4cc5c(cc4n4c3c2Bc2cc3oc(-c6ccccc6)c(-c6ccccc6)c3cc2-4)C(C)(C)c2ccccc2-5)cc1. The van der Waals surface area contributed by atoms with E-state index in [0.717, 1.165) is 79.6 Å². The van der Waals surface area contributed by atoms with Crippen LogP contribution in [0.15, 0.2) is 191 Å². The van der Waals surface area contributed by atoms with Crippen molar-refractivity contribution in [1.29, 1.82) is 0 Å². The average Bonchev–Trinajstić information content (AvgIpc) is 4.07. The predicted octanol–water partition coefficient (Wildman–Crippen LogP) is 15.5. The second-order valence-electron chi connectivity index (χ2n) is 20.5. The molecule has 2 aliphatic rings. The van der Waals surface area contributed by atoms with Crippen molar-refractivity contribution in [2.75, 3.05) is 5.32 Å². The molecule has 0 bridgehead atoms. The monoisotopic (exact) mass is 874 g/mol. The molecule has 4 heterocycles. The summed E-state index contributed by atoms with van der Waals surface area (Å²) in [5.41, 5.74) is 23.1. The maximum atomic E-state index is 7.04. The van der Waals surface area contributed by atoms with E-state index in [-0.39, 0.29) is 10.8 Å². The Labute approximate surface area is 395 Å². The van der Waals surface area contributed by atoms with Crippen LogP contribution in [-0.4, -0.2) is 11.8 Å². The zero-order valence-electron chi connectivity index (χ0n) is 38.8. The summed E-state index contributed by atoms with van der Waals surface area (Å²) in [7, 11) is 0.730. The van der Waals surface area contributed by atoms with Crippen molar-refractivity contribution in [2.24, 2.45) is 0 Å². The van der Waals surface area contributed by atoms with E-state index in [1.807, 2.05) is 6.07 Å². The van der Waals surface area contributed by atoms with Gasteiger partial charge in [-0.05, 0) is 98.4 Å². The van der Waals surface area contributed by atoms with Crippen molar-refractivity contribution < 1.29 is 8.83 Å². The standard InChI is InChI=1S/C63H47BN2O2/c1-62(2,3)38-24-26-39(27-25-38)65-52-35-57-47(41-21-13-15-23-55(41)67-57)31-45(52)42-28-29-43-46-30-44-40-20-12-14-22-49(40)63(4,5)50(44)33-53(46)66-54-32-48-56(34-51(54)64-59(42)60(43)66)68-61(37-18-10-7-11-19-37)58(48)36-16-8-6-9-17-36/h6-35,64-65H,1-5H3. The lowest BCUT2D eigenvalue weighted by Gasteiger charge is -2.25. The van der Waals surface area contributed by atoms with E-state index in [4.69, 9.17) is 8.83 Å². The van der Waals surface area contributed by atoms with Gasteiger partial charge in [0.05, 0.1) is 11.2 Å². The van der Waals surface area contributed by atoms with E-state index < -0.39 is 0 Å². The molecule has 0 radical (unpaired) electrons. The highest BCUT2D eigenvalue weighted by atomic mass is 16.3. The van der Waals surface area contributed by atoms with Crippen molar-refractivity contribution in [3.63, 3.8) is 0 Å². The van der Waals surface area contributed by atoms with Crippen LogP contribution in [0.5, 0.6) is 0 Å². The number of hydrogen-bond donors (Lipinski definition) is 1. The number of nitrogens with zero attached hydrogens (tertiary/aromatic N) is 1. The third-order valence-electron chi connectivity index (χ3n) is 15.2. The lowest BCUT2D eigenvalue weighted by Crippen LogP contribution is -2.37. The normalized spacial score (nSPS) is 13.6. The number of hydrogen-bond acceptors (Lipinski definition) is 3. The van der Waals surface area contributed by atoms with Crippen LogP contribution >= 0.6 is 0 Å². The second-order valence-corrected chi connectivity index (χ2v) is 20.5. The molecule has 1 N–H and O–H groups in total. The van der Waals surface area contributed by atoms with Crippen LogP contribution in [-0.2, 0) is 10.8 Å². The van der Waals surface area contributed by atoms with E-state index in [0.29, 0.717) is 0 Å². The summed E-state index contributed by atoms with van der Waals surface area (Å²) in [5.74, 6) is 0.888. The van der Waals surface area contributed by atoms with Gasteiger partial charge in [0, 0.05) is 72.0 Å². The molecule has 0 saturated heterocycles. The Bertz CT molecular complexity index is 4070. The van der Waals surface area contributed by atoms with Crippen LogP contribution in [0.2, 0.25) is 0 Å². The first-order valence-electron chi connectivity index (χ1n) is 23.9. The Kier molecular flexibility index (Phi) is 8.07. The fourth-order valence-electron chi connectivity index (χ4n) is 11.8. The molecule has 3 aromatic heterocycles. The first kappa shape index (κ1) is 39.2. The molecule has 0 spiro atoms. The number of para-hydroxylation sites is 1. The molecule has 324 valence electrons. The van der Waals surface area contributed by atoms with Gasteiger partial charge in [-0.1, -0.05) is 167 Å². The van der Waals surface area contributed by atoms with Gasteiger partial charge in [-0.2, -0.15) is 0 Å². The molecule has 9 aromatic carbocycles. The summed E-state index contributed by atoms with van der Waals surface area (Å²) in [4.78, 5) is 0. The van der Waals surface area contributed by atoms with E-state index in [9.17, 15) is 0 Å². The van der Waals surface area contributed by atoms with Crippen molar-refractivity contribution in [3.05, 3.63) is 199 Å². The summed E-state index contributed by atoms with van der Waals surface area (Å²) in [6, 6.07) is 66.6. The van der Waals surface area contributed by atoms with Gasteiger partial charge in [-0.25, -0.2) is 0 Å². The molecular formula is C63H47BN2O2. The van der Waals surface area contributed by atoms with Crippen LogP contribution in [0.1, 0.15) is 51.3 Å². The first-order valence-corrected chi connectivity index (χ1v) is 23.9. The minimum Gasteiger partial charge on any atom is -0.456 e. The topological polar surface area (TPSA) is 43.2 Å². The van der Waals surface area contributed by atoms with Crippen LogP contribution < -0.4 is 16.2 Å². The molecule has 0 fully saturated rings. The highest BCUT2D eigenvalue weighted by Gasteiger charge is 2.37. The maximum absolute atomic E-state index is 7.04. The quantitative estimate of drug-likeness (QED) is 0.175. The van der Waals surface area contributed by atoms with E-state index in [1.165, 1.54) is 71.8 Å². The molecule has 0 unspecified atom stereocenters. The van der Waals surface area contributed by atoms with Gasteiger partial charge in [0.15, 0.2) is 7.28 Å². The highest BCUT2D eigenvalue weighted by molar-refractivity contribution is 6.73. The van der Waals surface area contributed by atoms with Gasteiger partial charge in [-0.15, -0.1) is 0 Å². The van der Waals surface area contributed by atoms with Crippen LogP contribution in [0, 0.1) is 0 Å². The molecule has 1 aliphatic carbocycles. The highest BCUT2D eigenvalue weighted by Crippen LogP contribution is 2.52. The average molecular weight is 875 g/mol. The predicted molar refractivity (Wildman–Crippen MR) is 287 cm³/mol. The molecule has 68 heavy (non-hydrogen) atoms. The van der Waals surface area contributed by atoms with Crippen LogP contribution in [0.3, 0.4) is 0 Å². The Morgan fingerprint density at radius 1 is 0.515 bits per heavy atom. The van der Waals surface area contributed by atoms with Crippen molar-refractivity contribution in [1.82, 2.24) is 4.57 Å². The zero-order chi connectivity index (χ0) is 45.6. The van der Waals surface area contributed by atoms with Gasteiger partial charge in [0.2, 0.25) is 0 Å². The van der Waals surface area contributed by atoms with Gasteiger partial charge in [0.1, 0.15) is 22.5 Å². The Morgan fingerprint density at radius 3 is 2.01 bits per heavy atom.